The number of aryl methyl sites for hydroxylation is 1. The van der Waals surface area contributed by atoms with Crippen molar-refractivity contribution in [3.63, 3.8) is 0 Å². The Morgan fingerprint density at radius 2 is 2.06 bits per heavy atom. The molecule has 0 aliphatic rings. The zero-order chi connectivity index (χ0) is 13.0. The Morgan fingerprint density at radius 3 is 2.67 bits per heavy atom. The van der Waals surface area contributed by atoms with E-state index in [9.17, 15) is 4.79 Å². The minimum absolute atomic E-state index is 0.0832. The second-order valence-electron chi connectivity index (χ2n) is 3.77. The van der Waals surface area contributed by atoms with Crippen molar-refractivity contribution in [1.82, 2.24) is 9.55 Å². The predicted molar refractivity (Wildman–Crippen MR) is 68.6 cm³/mol. The van der Waals surface area contributed by atoms with Crippen LogP contribution in [0, 0.1) is 0 Å². The summed E-state index contributed by atoms with van der Waals surface area (Å²) < 4.78 is 7.00. The molecule has 5 heteroatoms. The minimum Gasteiger partial charge on any atom is -0.435 e. The number of nitrogens with two attached hydrogens (primary N) is 1. The van der Waals surface area contributed by atoms with Gasteiger partial charge in [-0.15, -0.1) is 0 Å². The van der Waals surface area contributed by atoms with Gasteiger partial charge in [-0.05, 0) is 24.6 Å². The van der Waals surface area contributed by atoms with E-state index >= 15 is 0 Å². The van der Waals surface area contributed by atoms with E-state index in [4.69, 9.17) is 10.5 Å². The molecule has 0 fully saturated rings. The number of rotatable bonds is 4. The average molecular weight is 245 g/mol. The molecule has 0 atom stereocenters. The van der Waals surface area contributed by atoms with Gasteiger partial charge in [-0.25, -0.2) is 4.98 Å². The van der Waals surface area contributed by atoms with E-state index in [1.807, 2.05) is 19.1 Å². The van der Waals surface area contributed by atoms with Gasteiger partial charge in [0.2, 0.25) is 0 Å². The molecule has 0 radical (unpaired) electrons. The van der Waals surface area contributed by atoms with Crippen molar-refractivity contribution in [1.29, 1.82) is 0 Å². The van der Waals surface area contributed by atoms with Crippen LogP contribution in [0.3, 0.4) is 0 Å². The molecule has 1 aromatic heterocycles. The van der Waals surface area contributed by atoms with Crippen LogP contribution >= 0.6 is 0 Å². The lowest BCUT2D eigenvalue weighted by Gasteiger charge is -2.06. The van der Waals surface area contributed by atoms with Gasteiger partial charge in [0.15, 0.2) is 0 Å². The molecule has 5 nitrogen and oxygen atoms in total. The number of hydrogen-bond acceptors (Lipinski definition) is 4. The molecule has 0 bridgehead atoms. The van der Waals surface area contributed by atoms with E-state index in [1.165, 1.54) is 4.57 Å². The van der Waals surface area contributed by atoms with E-state index < -0.39 is 0 Å². The van der Waals surface area contributed by atoms with E-state index in [1.54, 1.807) is 24.5 Å². The Bertz CT molecular complexity index is 576. The third kappa shape index (κ3) is 2.57. The lowest BCUT2D eigenvalue weighted by Crippen LogP contribution is -2.20. The van der Waals surface area contributed by atoms with Gasteiger partial charge in [0.25, 0.3) is 5.88 Å². The van der Waals surface area contributed by atoms with Crippen LogP contribution in [0.15, 0.2) is 41.5 Å². The van der Waals surface area contributed by atoms with Crippen LogP contribution in [-0.4, -0.2) is 9.55 Å². The first kappa shape index (κ1) is 12.3. The molecule has 0 saturated carbocycles. The normalized spacial score (nSPS) is 10.3. The Labute approximate surface area is 105 Å². The fraction of sp³-hybridized carbons (Fsp3) is 0.231. The summed E-state index contributed by atoms with van der Waals surface area (Å²) in [6.45, 7) is 2.96. The van der Waals surface area contributed by atoms with Gasteiger partial charge in [-0.2, -0.15) is 0 Å². The number of nitrogens with zero attached hydrogens (tertiary/aromatic N) is 2. The fourth-order valence-electron chi connectivity index (χ4n) is 1.55. The first-order chi connectivity index (χ1) is 8.74. The van der Waals surface area contributed by atoms with Crippen LogP contribution in [-0.2, 0) is 13.1 Å². The fourth-order valence-corrected chi connectivity index (χ4v) is 1.55. The van der Waals surface area contributed by atoms with Crippen molar-refractivity contribution >= 4 is 0 Å². The van der Waals surface area contributed by atoms with Crippen LogP contribution in [0.5, 0.6) is 11.6 Å². The second-order valence-corrected chi connectivity index (χ2v) is 3.77. The molecule has 18 heavy (non-hydrogen) atoms. The molecule has 2 aromatic rings. The van der Waals surface area contributed by atoms with Crippen LogP contribution in [0.4, 0.5) is 0 Å². The quantitative estimate of drug-likeness (QED) is 0.886. The number of hydrogen-bond donors (Lipinski definition) is 1. The molecule has 0 aliphatic carbocycles. The van der Waals surface area contributed by atoms with Crippen LogP contribution in [0.2, 0.25) is 0 Å². The standard InChI is InChI=1S/C13H15N3O2/c1-2-16-8-7-15-12(13(16)17)18-11-5-3-10(9-14)4-6-11/h3-8H,2,9,14H2,1H3. The molecule has 0 spiro atoms. The highest BCUT2D eigenvalue weighted by molar-refractivity contribution is 5.29. The van der Waals surface area contributed by atoms with Crippen LogP contribution in [0.25, 0.3) is 0 Å². The second kappa shape index (κ2) is 5.46. The van der Waals surface area contributed by atoms with E-state index in [2.05, 4.69) is 4.98 Å². The Morgan fingerprint density at radius 1 is 1.33 bits per heavy atom. The van der Waals surface area contributed by atoms with Gasteiger partial charge in [-0.1, -0.05) is 12.1 Å². The molecule has 94 valence electrons. The molecule has 0 amide bonds. The van der Waals surface area contributed by atoms with Crippen molar-refractivity contribution in [2.75, 3.05) is 0 Å². The first-order valence-corrected chi connectivity index (χ1v) is 5.77. The van der Waals surface area contributed by atoms with Crippen molar-refractivity contribution in [2.45, 2.75) is 20.0 Å². The summed E-state index contributed by atoms with van der Waals surface area (Å²) >= 11 is 0. The van der Waals surface area contributed by atoms with Gasteiger partial charge in [0, 0.05) is 25.5 Å². The number of ether oxygens (including phenoxy) is 1. The largest absolute Gasteiger partial charge is 0.435 e. The lowest BCUT2D eigenvalue weighted by molar-refractivity contribution is 0.445. The molecular formula is C13H15N3O2. The van der Waals surface area contributed by atoms with E-state index in [0.717, 1.165) is 5.56 Å². The third-order valence-electron chi connectivity index (χ3n) is 2.60. The van der Waals surface area contributed by atoms with Gasteiger partial charge in [0.05, 0.1) is 0 Å². The maximum Gasteiger partial charge on any atom is 0.313 e. The van der Waals surface area contributed by atoms with Crippen LogP contribution in [0.1, 0.15) is 12.5 Å². The zero-order valence-electron chi connectivity index (χ0n) is 10.2. The van der Waals surface area contributed by atoms with Gasteiger partial charge >= 0.3 is 5.56 Å². The minimum atomic E-state index is -0.233. The summed E-state index contributed by atoms with van der Waals surface area (Å²) in [6, 6.07) is 7.26. The van der Waals surface area contributed by atoms with Crippen molar-refractivity contribution in [3.8, 4) is 11.6 Å². The van der Waals surface area contributed by atoms with E-state index in [0.29, 0.717) is 18.8 Å². The third-order valence-corrected chi connectivity index (χ3v) is 2.60. The summed E-state index contributed by atoms with van der Waals surface area (Å²) in [7, 11) is 0. The zero-order valence-corrected chi connectivity index (χ0v) is 10.2. The SMILES string of the molecule is CCn1ccnc(Oc2ccc(CN)cc2)c1=O. The van der Waals surface area contributed by atoms with Gasteiger partial charge < -0.3 is 15.0 Å². The molecule has 0 saturated heterocycles. The Kier molecular flexibility index (Phi) is 3.74. The summed E-state index contributed by atoms with van der Waals surface area (Å²) in [4.78, 5) is 15.8. The summed E-state index contributed by atoms with van der Waals surface area (Å²) in [6.07, 6.45) is 3.18. The highest BCUT2D eigenvalue weighted by Crippen LogP contribution is 2.16. The average Bonchev–Trinajstić information content (AvgIpc) is 2.42. The number of aromatic nitrogens is 2. The smallest absolute Gasteiger partial charge is 0.313 e. The van der Waals surface area contributed by atoms with Crippen molar-refractivity contribution in [3.05, 3.63) is 52.6 Å². The molecule has 1 heterocycles. The highest BCUT2D eigenvalue weighted by atomic mass is 16.5. The van der Waals surface area contributed by atoms with Crippen LogP contribution < -0.4 is 16.0 Å². The van der Waals surface area contributed by atoms with Gasteiger partial charge in [0.1, 0.15) is 5.75 Å². The molecule has 2 N–H and O–H groups in total. The lowest BCUT2D eigenvalue weighted by atomic mass is 10.2. The summed E-state index contributed by atoms with van der Waals surface area (Å²) in [5, 5.41) is 0. The monoisotopic (exact) mass is 245 g/mol. The molecule has 1 aromatic carbocycles. The van der Waals surface area contributed by atoms with E-state index in [-0.39, 0.29) is 11.4 Å². The van der Waals surface area contributed by atoms with Crippen molar-refractivity contribution in [2.24, 2.45) is 5.73 Å². The predicted octanol–water partition coefficient (Wildman–Crippen LogP) is 1.51. The maximum atomic E-state index is 11.9. The molecular weight excluding hydrogens is 230 g/mol. The maximum absolute atomic E-state index is 11.9. The molecule has 0 aliphatic heterocycles. The summed E-state index contributed by atoms with van der Waals surface area (Å²) in [5.41, 5.74) is 6.28. The number of benzene rings is 1. The Hall–Kier alpha value is -2.14. The Balaban J connectivity index is 2.25. The molecule has 0 unspecified atom stereocenters. The van der Waals surface area contributed by atoms with Crippen molar-refractivity contribution < 1.29 is 4.74 Å². The summed E-state index contributed by atoms with van der Waals surface area (Å²) in [5.74, 6) is 0.658. The molecule has 2 rings (SSSR count). The first-order valence-electron chi connectivity index (χ1n) is 5.77. The topological polar surface area (TPSA) is 70.1 Å². The highest BCUT2D eigenvalue weighted by Gasteiger charge is 2.06. The van der Waals surface area contributed by atoms with Gasteiger partial charge in [-0.3, -0.25) is 4.79 Å².